The van der Waals surface area contributed by atoms with Crippen molar-refractivity contribution in [3.63, 3.8) is 0 Å². The van der Waals surface area contributed by atoms with Crippen molar-refractivity contribution >= 4 is 23.2 Å². The zero-order valence-electron chi connectivity index (χ0n) is 21.8. The predicted octanol–water partition coefficient (Wildman–Crippen LogP) is 6.16. The molecule has 1 amide bonds. The molecular weight excluding hydrogens is 488 g/mol. The summed E-state index contributed by atoms with van der Waals surface area (Å²) in [5.41, 5.74) is 4.38. The van der Waals surface area contributed by atoms with Gasteiger partial charge in [0.1, 0.15) is 0 Å². The van der Waals surface area contributed by atoms with Gasteiger partial charge in [-0.3, -0.25) is 4.79 Å². The second kappa shape index (κ2) is 10.2. The van der Waals surface area contributed by atoms with E-state index in [1.165, 1.54) is 16.8 Å². The van der Waals surface area contributed by atoms with Crippen LogP contribution in [0, 0.1) is 12.3 Å². The van der Waals surface area contributed by atoms with Crippen LogP contribution in [0.15, 0.2) is 60.7 Å². The van der Waals surface area contributed by atoms with Gasteiger partial charge in [0.25, 0.3) is 5.91 Å². The molecule has 1 spiro atoms. The third-order valence-corrected chi connectivity index (χ3v) is 8.14. The minimum atomic E-state index is -0.0214. The highest BCUT2D eigenvalue weighted by atomic mass is 35.5. The van der Waals surface area contributed by atoms with Gasteiger partial charge in [-0.2, -0.15) is 0 Å². The first-order chi connectivity index (χ1) is 17.9. The van der Waals surface area contributed by atoms with E-state index < -0.39 is 0 Å². The highest BCUT2D eigenvalue weighted by molar-refractivity contribution is 6.30. The standard InChI is InChI=1S/C30H33ClN2O4/c1-20-5-11-24(12-6-20)33-19-30(28(33)21-7-9-23(31)10-8-21)13-15-32(16-14-30)29(34)22-17-25(35-2)27(37-4)26(18-22)36-3/h5-12,17-18,28H,13-16,19H2,1-4H3. The van der Waals surface area contributed by atoms with Gasteiger partial charge in [-0.25, -0.2) is 0 Å². The molecule has 5 rings (SSSR count). The highest BCUT2D eigenvalue weighted by Crippen LogP contribution is 2.56. The van der Waals surface area contributed by atoms with E-state index in [9.17, 15) is 4.79 Å². The average molecular weight is 521 g/mol. The molecule has 3 aromatic carbocycles. The first-order valence-corrected chi connectivity index (χ1v) is 12.9. The summed E-state index contributed by atoms with van der Waals surface area (Å²) in [6.45, 7) is 4.47. The lowest BCUT2D eigenvalue weighted by atomic mass is 9.63. The molecule has 0 bridgehead atoms. The smallest absolute Gasteiger partial charge is 0.254 e. The van der Waals surface area contributed by atoms with Crippen molar-refractivity contribution in [2.24, 2.45) is 5.41 Å². The molecule has 0 radical (unpaired) electrons. The van der Waals surface area contributed by atoms with E-state index in [1.54, 1.807) is 33.5 Å². The number of benzene rings is 3. The maximum Gasteiger partial charge on any atom is 0.254 e. The SMILES string of the molecule is COc1cc(C(=O)N2CCC3(CC2)CN(c2ccc(C)cc2)C3c2ccc(Cl)cc2)cc(OC)c1OC. The number of hydrogen-bond acceptors (Lipinski definition) is 5. The Morgan fingerprint density at radius 3 is 2.03 bits per heavy atom. The van der Waals surface area contributed by atoms with Crippen LogP contribution in [0.3, 0.4) is 0 Å². The number of piperidine rings is 1. The average Bonchev–Trinajstić information content (AvgIpc) is 2.92. The van der Waals surface area contributed by atoms with Gasteiger partial charge in [0.05, 0.1) is 27.4 Å². The normalized spacial score (nSPS) is 18.4. The summed E-state index contributed by atoms with van der Waals surface area (Å²) in [4.78, 5) is 17.9. The van der Waals surface area contributed by atoms with Crippen molar-refractivity contribution in [2.75, 3.05) is 45.9 Å². The van der Waals surface area contributed by atoms with Crippen molar-refractivity contribution in [3.05, 3.63) is 82.4 Å². The van der Waals surface area contributed by atoms with Gasteiger partial charge in [-0.15, -0.1) is 0 Å². The van der Waals surface area contributed by atoms with E-state index in [4.69, 9.17) is 25.8 Å². The van der Waals surface area contributed by atoms with Crippen LogP contribution in [0.25, 0.3) is 0 Å². The van der Waals surface area contributed by atoms with Gasteiger partial charge in [0.2, 0.25) is 5.75 Å². The second-order valence-corrected chi connectivity index (χ2v) is 10.4. The third-order valence-electron chi connectivity index (χ3n) is 7.89. The highest BCUT2D eigenvalue weighted by Gasteiger charge is 2.54. The van der Waals surface area contributed by atoms with E-state index >= 15 is 0 Å². The number of nitrogens with zero attached hydrogens (tertiary/aromatic N) is 2. The molecule has 2 fully saturated rings. The van der Waals surface area contributed by atoms with Crippen LogP contribution in [-0.4, -0.2) is 51.8 Å². The molecule has 6 nitrogen and oxygen atoms in total. The Hall–Kier alpha value is -3.38. The van der Waals surface area contributed by atoms with E-state index in [-0.39, 0.29) is 17.4 Å². The Morgan fingerprint density at radius 2 is 1.49 bits per heavy atom. The van der Waals surface area contributed by atoms with E-state index in [0.29, 0.717) is 35.9 Å². The fourth-order valence-corrected chi connectivity index (χ4v) is 5.99. The molecule has 3 aromatic rings. The summed E-state index contributed by atoms with van der Waals surface area (Å²) in [7, 11) is 4.68. The van der Waals surface area contributed by atoms with Crippen LogP contribution in [0.4, 0.5) is 5.69 Å². The van der Waals surface area contributed by atoms with Crippen molar-refractivity contribution in [1.29, 1.82) is 0 Å². The quantitative estimate of drug-likeness (QED) is 0.389. The number of hydrogen-bond donors (Lipinski definition) is 0. The lowest BCUT2D eigenvalue weighted by Gasteiger charge is -2.61. The molecule has 0 saturated carbocycles. The number of halogens is 1. The molecule has 2 aliphatic rings. The molecular formula is C30H33ClN2O4. The van der Waals surface area contributed by atoms with E-state index in [0.717, 1.165) is 24.4 Å². The van der Waals surface area contributed by atoms with E-state index in [2.05, 4.69) is 48.2 Å². The summed E-state index contributed by atoms with van der Waals surface area (Å²) >= 11 is 6.22. The maximum absolute atomic E-state index is 13.5. The van der Waals surface area contributed by atoms with Crippen LogP contribution in [0.5, 0.6) is 17.2 Å². The molecule has 0 N–H and O–H groups in total. The number of amides is 1. The number of rotatable bonds is 6. The summed E-state index contributed by atoms with van der Waals surface area (Å²) in [5.74, 6) is 1.42. The topological polar surface area (TPSA) is 51.2 Å². The molecule has 0 aliphatic carbocycles. The van der Waals surface area contributed by atoms with Crippen LogP contribution < -0.4 is 19.1 Å². The number of aryl methyl sites for hydroxylation is 1. The summed E-state index contributed by atoms with van der Waals surface area (Å²) in [5, 5.41) is 0.741. The Morgan fingerprint density at radius 1 is 0.892 bits per heavy atom. The molecule has 0 aromatic heterocycles. The molecule has 1 unspecified atom stereocenters. The number of anilines is 1. The molecule has 2 aliphatic heterocycles. The minimum absolute atomic E-state index is 0.0214. The second-order valence-electron chi connectivity index (χ2n) is 9.99. The molecule has 7 heteroatoms. The number of methoxy groups -OCH3 is 3. The van der Waals surface area contributed by atoms with Crippen LogP contribution in [-0.2, 0) is 0 Å². The monoisotopic (exact) mass is 520 g/mol. The van der Waals surface area contributed by atoms with Gasteiger partial charge in [0, 0.05) is 41.3 Å². The molecule has 37 heavy (non-hydrogen) atoms. The van der Waals surface area contributed by atoms with Gasteiger partial charge < -0.3 is 24.0 Å². The van der Waals surface area contributed by atoms with Gasteiger partial charge in [-0.1, -0.05) is 41.4 Å². The van der Waals surface area contributed by atoms with Crippen LogP contribution in [0.1, 0.15) is 40.4 Å². The van der Waals surface area contributed by atoms with Crippen molar-refractivity contribution < 1.29 is 19.0 Å². The number of likely N-dealkylation sites (tertiary alicyclic amines) is 1. The summed E-state index contributed by atoms with van der Waals surface area (Å²) in [6.07, 6.45) is 1.86. The minimum Gasteiger partial charge on any atom is -0.493 e. The summed E-state index contributed by atoms with van der Waals surface area (Å²) < 4.78 is 16.3. The van der Waals surface area contributed by atoms with Crippen molar-refractivity contribution in [2.45, 2.75) is 25.8 Å². The number of carbonyl (C=O) groups is 1. The fourth-order valence-electron chi connectivity index (χ4n) is 5.86. The van der Waals surface area contributed by atoms with Crippen molar-refractivity contribution in [1.82, 2.24) is 4.90 Å². The largest absolute Gasteiger partial charge is 0.493 e. The predicted molar refractivity (Wildman–Crippen MR) is 146 cm³/mol. The van der Waals surface area contributed by atoms with E-state index in [1.807, 2.05) is 17.0 Å². The third kappa shape index (κ3) is 4.59. The van der Waals surface area contributed by atoms with Crippen LogP contribution in [0.2, 0.25) is 5.02 Å². The zero-order valence-corrected chi connectivity index (χ0v) is 22.5. The fraction of sp³-hybridized carbons (Fsp3) is 0.367. The molecule has 2 saturated heterocycles. The first kappa shape index (κ1) is 25.3. The summed E-state index contributed by atoms with van der Waals surface area (Å²) in [6, 6.07) is 20.7. The lowest BCUT2D eigenvalue weighted by molar-refractivity contribution is 0.0271. The lowest BCUT2D eigenvalue weighted by Crippen LogP contribution is -2.62. The number of ether oxygens (including phenoxy) is 3. The Labute approximate surface area is 223 Å². The van der Waals surface area contributed by atoms with Gasteiger partial charge in [0.15, 0.2) is 11.5 Å². The van der Waals surface area contributed by atoms with Crippen LogP contribution >= 0.6 is 11.6 Å². The maximum atomic E-state index is 13.5. The number of carbonyl (C=O) groups excluding carboxylic acids is 1. The molecule has 1 atom stereocenters. The Bertz CT molecular complexity index is 1240. The molecule has 194 valence electrons. The first-order valence-electron chi connectivity index (χ1n) is 12.6. The van der Waals surface area contributed by atoms with Crippen molar-refractivity contribution in [3.8, 4) is 17.2 Å². The Balaban J connectivity index is 1.37. The Kier molecular flexibility index (Phi) is 6.95. The molecule has 2 heterocycles. The zero-order chi connectivity index (χ0) is 26.2. The van der Waals surface area contributed by atoms with Gasteiger partial charge in [-0.05, 0) is 61.7 Å². The van der Waals surface area contributed by atoms with Gasteiger partial charge >= 0.3 is 0 Å².